The van der Waals surface area contributed by atoms with Crippen molar-refractivity contribution in [2.45, 2.75) is 64.7 Å². The smallest absolute Gasteiger partial charge is 0.192 e. The minimum absolute atomic E-state index is 0.324. The van der Waals surface area contributed by atoms with Crippen molar-refractivity contribution in [1.29, 1.82) is 0 Å². The Labute approximate surface area is 120 Å². The second kappa shape index (κ2) is 5.34. The molecular formula is C16H31NOSi. The lowest BCUT2D eigenvalue weighted by Gasteiger charge is -2.48. The van der Waals surface area contributed by atoms with E-state index in [0.717, 1.165) is 12.5 Å². The highest BCUT2D eigenvalue weighted by atomic mass is 28.4. The van der Waals surface area contributed by atoms with Gasteiger partial charge in [-0.2, -0.15) is 0 Å². The third kappa shape index (κ3) is 3.14. The van der Waals surface area contributed by atoms with E-state index in [1.165, 1.54) is 25.9 Å². The summed E-state index contributed by atoms with van der Waals surface area (Å²) in [5, 5.41) is 0.324. The number of hydrogen-bond donors (Lipinski definition) is 0. The zero-order chi connectivity index (χ0) is 14.3. The molecule has 3 rings (SSSR count). The van der Waals surface area contributed by atoms with Crippen LogP contribution in [0.25, 0.3) is 0 Å². The van der Waals surface area contributed by atoms with E-state index < -0.39 is 8.32 Å². The lowest BCUT2D eigenvalue weighted by Crippen LogP contribution is -2.53. The number of allylic oxidation sites excluding steroid dienone is 1. The molecule has 0 aromatic heterocycles. The summed E-state index contributed by atoms with van der Waals surface area (Å²) in [7, 11) is -1.58. The molecule has 0 spiro atoms. The van der Waals surface area contributed by atoms with E-state index in [1.807, 2.05) is 0 Å². The van der Waals surface area contributed by atoms with Crippen LogP contribution in [0.3, 0.4) is 0 Å². The van der Waals surface area contributed by atoms with Gasteiger partial charge in [0.05, 0.1) is 0 Å². The average Bonchev–Trinajstić information content (AvgIpc) is 2.35. The van der Waals surface area contributed by atoms with Gasteiger partial charge in [-0.3, -0.25) is 4.90 Å². The van der Waals surface area contributed by atoms with Crippen LogP contribution in [0.15, 0.2) is 11.6 Å². The van der Waals surface area contributed by atoms with Gasteiger partial charge in [0.25, 0.3) is 0 Å². The Morgan fingerprint density at radius 3 is 2.53 bits per heavy atom. The summed E-state index contributed by atoms with van der Waals surface area (Å²) in [6.07, 6.45) is 5.01. The van der Waals surface area contributed by atoms with Crippen molar-refractivity contribution in [3.63, 3.8) is 0 Å². The predicted molar refractivity (Wildman–Crippen MR) is 85.0 cm³/mol. The van der Waals surface area contributed by atoms with Gasteiger partial charge in [0.1, 0.15) is 0 Å². The van der Waals surface area contributed by atoms with Crippen molar-refractivity contribution < 1.29 is 4.43 Å². The number of hydrogen-bond acceptors (Lipinski definition) is 2. The first kappa shape index (κ1) is 15.3. The molecule has 3 heteroatoms. The van der Waals surface area contributed by atoms with E-state index in [4.69, 9.17) is 4.43 Å². The summed E-state index contributed by atoms with van der Waals surface area (Å²) in [5.74, 6) is 0.836. The monoisotopic (exact) mass is 281 g/mol. The molecule has 3 heterocycles. The van der Waals surface area contributed by atoms with E-state index >= 15 is 0 Å². The van der Waals surface area contributed by atoms with Crippen LogP contribution in [0.5, 0.6) is 0 Å². The zero-order valence-corrected chi connectivity index (χ0v) is 14.6. The molecule has 0 amide bonds. The molecule has 2 bridgehead atoms. The molecule has 0 N–H and O–H groups in total. The molecular weight excluding hydrogens is 250 g/mol. The SMILES string of the molecule is C/C=C1/CN2CC[C@H]1C[C@@H]2CO[Si](C)(C)C(C)(C)C. The fourth-order valence-corrected chi connectivity index (χ4v) is 4.07. The summed E-state index contributed by atoms with van der Waals surface area (Å²) in [6, 6.07) is 0.663. The molecule has 3 aliphatic rings. The van der Waals surface area contributed by atoms with Crippen LogP contribution in [-0.4, -0.2) is 39.0 Å². The molecule has 3 saturated heterocycles. The van der Waals surface area contributed by atoms with Gasteiger partial charge in [-0.05, 0) is 50.4 Å². The normalized spacial score (nSPS) is 34.0. The summed E-state index contributed by atoms with van der Waals surface area (Å²) < 4.78 is 6.43. The standard InChI is InChI=1S/C16H31NOSi/c1-7-13-11-17-9-8-14(13)10-15(17)12-18-19(5,6)16(2,3)4/h7,14-15H,8-12H2,1-6H3/b13-7-/t14-,15+/m0/s1. The van der Waals surface area contributed by atoms with Crippen LogP contribution in [0.1, 0.15) is 40.5 Å². The van der Waals surface area contributed by atoms with Gasteiger partial charge in [0, 0.05) is 19.2 Å². The molecule has 3 aliphatic heterocycles. The maximum absolute atomic E-state index is 6.43. The molecule has 0 aliphatic carbocycles. The zero-order valence-electron chi connectivity index (χ0n) is 13.6. The van der Waals surface area contributed by atoms with Gasteiger partial charge in [-0.25, -0.2) is 0 Å². The van der Waals surface area contributed by atoms with Gasteiger partial charge in [-0.1, -0.05) is 32.4 Å². The maximum atomic E-state index is 6.43. The third-order valence-electron chi connectivity index (χ3n) is 5.56. The van der Waals surface area contributed by atoms with Crippen LogP contribution in [0, 0.1) is 5.92 Å². The Balaban J connectivity index is 1.93. The van der Waals surface area contributed by atoms with Crippen LogP contribution < -0.4 is 0 Å². The number of nitrogens with zero attached hydrogens (tertiary/aromatic N) is 1. The summed E-state index contributed by atoms with van der Waals surface area (Å²) in [6.45, 7) is 17.3. The van der Waals surface area contributed by atoms with E-state index in [-0.39, 0.29) is 0 Å². The number of piperidine rings is 3. The van der Waals surface area contributed by atoms with Crippen molar-refractivity contribution in [2.24, 2.45) is 5.92 Å². The van der Waals surface area contributed by atoms with Crippen LogP contribution in [0.2, 0.25) is 18.1 Å². The van der Waals surface area contributed by atoms with Crippen molar-refractivity contribution >= 4 is 8.32 Å². The largest absolute Gasteiger partial charge is 0.415 e. The maximum Gasteiger partial charge on any atom is 0.192 e. The van der Waals surface area contributed by atoms with Crippen molar-refractivity contribution in [2.75, 3.05) is 19.7 Å². The first-order valence-electron chi connectivity index (χ1n) is 7.77. The predicted octanol–water partition coefficient (Wildman–Crippen LogP) is 4.05. The molecule has 0 saturated carbocycles. The molecule has 3 atom stereocenters. The van der Waals surface area contributed by atoms with Gasteiger partial charge in [-0.15, -0.1) is 0 Å². The van der Waals surface area contributed by atoms with Crippen molar-refractivity contribution in [1.82, 2.24) is 4.90 Å². The Morgan fingerprint density at radius 1 is 1.37 bits per heavy atom. The molecule has 0 aromatic carbocycles. The second-order valence-corrected chi connectivity index (χ2v) is 12.6. The second-order valence-electron chi connectivity index (χ2n) is 7.78. The van der Waals surface area contributed by atoms with E-state index in [0.29, 0.717) is 11.1 Å². The highest BCUT2D eigenvalue weighted by molar-refractivity contribution is 6.74. The quantitative estimate of drug-likeness (QED) is 0.571. The fraction of sp³-hybridized carbons (Fsp3) is 0.875. The lowest BCUT2D eigenvalue weighted by atomic mass is 9.80. The van der Waals surface area contributed by atoms with Crippen LogP contribution in [0.4, 0.5) is 0 Å². The topological polar surface area (TPSA) is 12.5 Å². The summed E-state index contributed by atoms with van der Waals surface area (Å²) >= 11 is 0. The molecule has 1 unspecified atom stereocenters. The van der Waals surface area contributed by atoms with Crippen molar-refractivity contribution in [3.8, 4) is 0 Å². The number of fused-ring (bicyclic) bond motifs is 3. The Bertz CT molecular complexity index is 356. The Hall–Kier alpha value is -0.123. The van der Waals surface area contributed by atoms with Crippen molar-refractivity contribution in [3.05, 3.63) is 11.6 Å². The summed E-state index contributed by atoms with van der Waals surface area (Å²) in [4.78, 5) is 2.64. The number of rotatable bonds is 3. The third-order valence-corrected chi connectivity index (χ3v) is 10.1. The average molecular weight is 282 g/mol. The van der Waals surface area contributed by atoms with Crippen LogP contribution in [-0.2, 0) is 4.43 Å². The highest BCUT2D eigenvalue weighted by Gasteiger charge is 2.40. The molecule has 3 fully saturated rings. The Morgan fingerprint density at radius 2 is 2.05 bits per heavy atom. The molecule has 0 radical (unpaired) electrons. The highest BCUT2D eigenvalue weighted by Crippen LogP contribution is 2.39. The first-order valence-corrected chi connectivity index (χ1v) is 10.7. The van der Waals surface area contributed by atoms with Gasteiger partial charge in [0.2, 0.25) is 0 Å². The van der Waals surface area contributed by atoms with Gasteiger partial charge >= 0.3 is 0 Å². The minimum Gasteiger partial charge on any atom is -0.415 e. The van der Waals surface area contributed by atoms with E-state index in [2.05, 4.69) is 51.8 Å². The molecule has 0 aromatic rings. The molecule has 19 heavy (non-hydrogen) atoms. The van der Waals surface area contributed by atoms with Gasteiger partial charge in [0.15, 0.2) is 8.32 Å². The molecule has 110 valence electrons. The van der Waals surface area contributed by atoms with E-state index in [1.54, 1.807) is 5.57 Å². The first-order chi connectivity index (χ1) is 8.74. The fourth-order valence-electron chi connectivity index (χ4n) is 3.03. The minimum atomic E-state index is -1.58. The van der Waals surface area contributed by atoms with Crippen LogP contribution >= 0.6 is 0 Å². The summed E-state index contributed by atoms with van der Waals surface area (Å²) in [5.41, 5.74) is 1.66. The Kier molecular flexibility index (Phi) is 4.29. The van der Waals surface area contributed by atoms with Gasteiger partial charge < -0.3 is 4.43 Å². The molecule has 2 nitrogen and oxygen atoms in total. The van der Waals surface area contributed by atoms with E-state index in [9.17, 15) is 0 Å². The lowest BCUT2D eigenvalue weighted by molar-refractivity contribution is 0.0527.